The Labute approximate surface area is 99.2 Å². The molecule has 1 atom stereocenters. The highest BCUT2D eigenvalue weighted by molar-refractivity contribution is 9.09. The molecule has 0 amide bonds. The minimum atomic E-state index is 0.684. The lowest BCUT2D eigenvalue weighted by Gasteiger charge is -2.08. The number of hydrogen-bond donors (Lipinski definition) is 0. The SMILES string of the molecule is COc1cncc(CCC(Br)C2CC2)c1. The summed E-state index contributed by atoms with van der Waals surface area (Å²) in [6.07, 6.45) is 8.74. The Morgan fingerprint density at radius 1 is 1.53 bits per heavy atom. The van der Waals surface area contributed by atoms with E-state index in [1.54, 1.807) is 13.3 Å². The molecule has 1 fully saturated rings. The summed E-state index contributed by atoms with van der Waals surface area (Å²) in [6.45, 7) is 0. The average Bonchev–Trinajstić information content (AvgIpc) is 3.10. The highest BCUT2D eigenvalue weighted by Gasteiger charge is 2.28. The molecule has 1 aliphatic carbocycles. The number of methoxy groups -OCH3 is 1. The molecule has 0 radical (unpaired) electrons. The fourth-order valence-electron chi connectivity index (χ4n) is 1.71. The molecule has 0 N–H and O–H groups in total. The van der Waals surface area contributed by atoms with E-state index in [0.29, 0.717) is 4.83 Å². The van der Waals surface area contributed by atoms with Gasteiger partial charge in [-0.25, -0.2) is 0 Å². The van der Waals surface area contributed by atoms with Crippen LogP contribution in [0.1, 0.15) is 24.8 Å². The number of aryl methyl sites for hydroxylation is 1. The summed E-state index contributed by atoms with van der Waals surface area (Å²) in [4.78, 5) is 4.84. The van der Waals surface area contributed by atoms with Gasteiger partial charge < -0.3 is 4.74 Å². The van der Waals surface area contributed by atoms with Crippen molar-refractivity contribution in [3.8, 4) is 5.75 Å². The number of halogens is 1. The van der Waals surface area contributed by atoms with E-state index in [4.69, 9.17) is 4.74 Å². The number of nitrogens with zero attached hydrogens (tertiary/aromatic N) is 1. The van der Waals surface area contributed by atoms with Crippen LogP contribution in [0, 0.1) is 5.92 Å². The second-order valence-electron chi connectivity index (χ2n) is 4.13. The first kappa shape index (κ1) is 10.9. The van der Waals surface area contributed by atoms with Gasteiger partial charge in [-0.2, -0.15) is 0 Å². The molecule has 2 nitrogen and oxygen atoms in total. The zero-order valence-corrected chi connectivity index (χ0v) is 10.5. The predicted molar refractivity (Wildman–Crippen MR) is 64.5 cm³/mol. The smallest absolute Gasteiger partial charge is 0.137 e. The monoisotopic (exact) mass is 269 g/mol. The first-order valence-electron chi connectivity index (χ1n) is 5.41. The topological polar surface area (TPSA) is 22.1 Å². The lowest BCUT2D eigenvalue weighted by Crippen LogP contribution is -2.02. The Morgan fingerprint density at radius 3 is 3.00 bits per heavy atom. The first-order valence-corrected chi connectivity index (χ1v) is 6.33. The molecule has 0 aromatic carbocycles. The Bertz CT molecular complexity index is 325. The van der Waals surface area contributed by atoms with E-state index >= 15 is 0 Å². The molecular formula is C12H16BrNO. The first-order chi connectivity index (χ1) is 7.29. The van der Waals surface area contributed by atoms with Crippen LogP contribution in [0.25, 0.3) is 0 Å². The van der Waals surface area contributed by atoms with E-state index < -0.39 is 0 Å². The Kier molecular flexibility index (Phi) is 3.62. The largest absolute Gasteiger partial charge is 0.495 e. The lowest BCUT2D eigenvalue weighted by molar-refractivity contribution is 0.412. The van der Waals surface area contributed by atoms with Gasteiger partial charge in [-0.3, -0.25) is 4.98 Å². The zero-order chi connectivity index (χ0) is 10.7. The van der Waals surface area contributed by atoms with Crippen molar-refractivity contribution in [3.63, 3.8) is 0 Å². The molecule has 0 aliphatic heterocycles. The summed E-state index contributed by atoms with van der Waals surface area (Å²) in [5.74, 6) is 1.77. The number of pyridine rings is 1. The fraction of sp³-hybridized carbons (Fsp3) is 0.583. The number of alkyl halides is 1. The van der Waals surface area contributed by atoms with Gasteiger partial charge in [-0.1, -0.05) is 15.9 Å². The third-order valence-corrected chi connectivity index (χ3v) is 4.05. The van der Waals surface area contributed by atoms with Crippen LogP contribution in [0.2, 0.25) is 0 Å². The van der Waals surface area contributed by atoms with E-state index in [1.165, 1.54) is 24.8 Å². The average molecular weight is 270 g/mol. The third kappa shape index (κ3) is 3.20. The van der Waals surface area contributed by atoms with Crippen molar-refractivity contribution < 1.29 is 4.74 Å². The molecule has 3 heteroatoms. The number of rotatable bonds is 5. The minimum absolute atomic E-state index is 0.684. The van der Waals surface area contributed by atoms with Crippen LogP contribution in [0.15, 0.2) is 18.5 Å². The normalized spacial score (nSPS) is 17.5. The summed E-state index contributed by atoms with van der Waals surface area (Å²) in [5, 5.41) is 0. The summed E-state index contributed by atoms with van der Waals surface area (Å²) in [7, 11) is 1.68. The molecule has 1 aliphatic rings. The number of hydrogen-bond acceptors (Lipinski definition) is 2. The molecule has 2 rings (SSSR count). The van der Waals surface area contributed by atoms with Gasteiger partial charge in [0.25, 0.3) is 0 Å². The summed E-state index contributed by atoms with van der Waals surface area (Å²) in [5.41, 5.74) is 1.26. The van der Waals surface area contributed by atoms with Gasteiger partial charge >= 0.3 is 0 Å². The number of ether oxygens (including phenoxy) is 1. The highest BCUT2D eigenvalue weighted by Crippen LogP contribution is 2.38. The van der Waals surface area contributed by atoms with Crippen LogP contribution < -0.4 is 4.74 Å². The molecule has 15 heavy (non-hydrogen) atoms. The van der Waals surface area contributed by atoms with Gasteiger partial charge in [0.05, 0.1) is 13.3 Å². The summed E-state index contributed by atoms with van der Waals surface area (Å²) >= 11 is 3.75. The van der Waals surface area contributed by atoms with E-state index in [0.717, 1.165) is 18.1 Å². The van der Waals surface area contributed by atoms with Crippen molar-refractivity contribution in [1.29, 1.82) is 0 Å². The second kappa shape index (κ2) is 4.97. The highest BCUT2D eigenvalue weighted by atomic mass is 79.9. The van der Waals surface area contributed by atoms with Crippen LogP contribution >= 0.6 is 15.9 Å². The molecule has 0 saturated heterocycles. The van der Waals surface area contributed by atoms with Gasteiger partial charge in [0, 0.05) is 11.0 Å². The van der Waals surface area contributed by atoms with E-state index in [2.05, 4.69) is 27.0 Å². The second-order valence-corrected chi connectivity index (χ2v) is 5.30. The van der Waals surface area contributed by atoms with E-state index in [-0.39, 0.29) is 0 Å². The molecule has 0 bridgehead atoms. The van der Waals surface area contributed by atoms with Crippen LogP contribution in [-0.2, 0) is 6.42 Å². The Hall–Kier alpha value is -0.570. The van der Waals surface area contributed by atoms with Gasteiger partial charge in [0.1, 0.15) is 5.75 Å². The van der Waals surface area contributed by atoms with Crippen molar-refractivity contribution in [2.24, 2.45) is 5.92 Å². The van der Waals surface area contributed by atoms with Gasteiger partial charge in [0.15, 0.2) is 0 Å². The fourth-order valence-corrected chi connectivity index (χ4v) is 2.47. The van der Waals surface area contributed by atoms with Crippen LogP contribution in [0.4, 0.5) is 0 Å². The van der Waals surface area contributed by atoms with Crippen molar-refractivity contribution >= 4 is 15.9 Å². The molecule has 82 valence electrons. The maximum absolute atomic E-state index is 5.15. The molecule has 1 unspecified atom stereocenters. The zero-order valence-electron chi connectivity index (χ0n) is 8.95. The molecular weight excluding hydrogens is 254 g/mol. The molecule has 1 aromatic rings. The van der Waals surface area contributed by atoms with E-state index in [9.17, 15) is 0 Å². The standard InChI is InChI=1S/C12H16BrNO/c1-15-11-6-9(7-14-8-11)2-5-12(13)10-3-4-10/h6-8,10,12H,2-5H2,1H3. The predicted octanol–water partition coefficient (Wildman–Crippen LogP) is 3.20. The Balaban J connectivity index is 1.86. The molecule has 1 heterocycles. The van der Waals surface area contributed by atoms with Crippen LogP contribution in [0.5, 0.6) is 5.75 Å². The van der Waals surface area contributed by atoms with Gasteiger partial charge in [-0.15, -0.1) is 0 Å². The summed E-state index contributed by atoms with van der Waals surface area (Å²) < 4.78 is 5.15. The molecule has 1 aromatic heterocycles. The van der Waals surface area contributed by atoms with Crippen molar-refractivity contribution in [2.75, 3.05) is 7.11 Å². The van der Waals surface area contributed by atoms with E-state index in [1.807, 2.05) is 6.20 Å². The van der Waals surface area contributed by atoms with Crippen LogP contribution in [0.3, 0.4) is 0 Å². The summed E-state index contributed by atoms with van der Waals surface area (Å²) in [6, 6.07) is 2.07. The maximum Gasteiger partial charge on any atom is 0.137 e. The quantitative estimate of drug-likeness (QED) is 0.766. The van der Waals surface area contributed by atoms with Crippen molar-refractivity contribution in [3.05, 3.63) is 24.0 Å². The lowest BCUT2D eigenvalue weighted by atomic mass is 10.1. The molecule has 1 saturated carbocycles. The maximum atomic E-state index is 5.15. The van der Waals surface area contributed by atoms with Crippen molar-refractivity contribution in [1.82, 2.24) is 4.98 Å². The number of aromatic nitrogens is 1. The van der Waals surface area contributed by atoms with Gasteiger partial charge in [-0.05, 0) is 43.2 Å². The third-order valence-electron chi connectivity index (χ3n) is 2.85. The molecule has 0 spiro atoms. The van der Waals surface area contributed by atoms with Crippen molar-refractivity contribution in [2.45, 2.75) is 30.5 Å². The van der Waals surface area contributed by atoms with Gasteiger partial charge in [0.2, 0.25) is 0 Å². The Morgan fingerprint density at radius 2 is 2.33 bits per heavy atom. The van der Waals surface area contributed by atoms with Crippen LogP contribution in [-0.4, -0.2) is 16.9 Å². The minimum Gasteiger partial charge on any atom is -0.495 e.